The van der Waals surface area contributed by atoms with Gasteiger partial charge in [0.1, 0.15) is 41.4 Å². The minimum atomic E-state index is -0.964. The highest BCUT2D eigenvalue weighted by Crippen LogP contribution is 2.42. The standard InChI is InChI=1S/C35H40F3N5O4/c1-4-24-27(37)8-7-21-13-23(47-20-45-3)14-25(28(21)24)30-29(38)31-26(16-39-30)32(42-11-5-9-34(2,44)18-42)41-33(40-31)46-19-35-10-6-12-43(35)17-22(36)15-35/h7-8,13-14,16,22,44H,4-6,9-12,15,17-20H2,1-3H3/t22-,34+,35+/m0/s1. The van der Waals surface area contributed by atoms with E-state index in [9.17, 15) is 9.50 Å². The van der Waals surface area contributed by atoms with Crippen molar-refractivity contribution in [3.05, 3.63) is 47.7 Å². The Morgan fingerprint density at radius 3 is 2.70 bits per heavy atom. The number of ether oxygens (including phenoxy) is 3. The second-order valence-corrected chi connectivity index (χ2v) is 13.4. The molecule has 0 aliphatic carbocycles. The molecule has 0 saturated carbocycles. The Bertz CT molecular complexity index is 1820. The first kappa shape index (κ1) is 31.8. The number of hydrogen-bond acceptors (Lipinski definition) is 9. The zero-order valence-electron chi connectivity index (χ0n) is 27.0. The van der Waals surface area contributed by atoms with Gasteiger partial charge in [0.25, 0.3) is 0 Å². The Kier molecular flexibility index (Phi) is 8.38. The third-order valence-corrected chi connectivity index (χ3v) is 9.94. The Hall–Kier alpha value is -3.74. The molecule has 5 heterocycles. The molecule has 0 bridgehead atoms. The van der Waals surface area contributed by atoms with Crippen LogP contribution in [0.1, 0.15) is 51.5 Å². The van der Waals surface area contributed by atoms with Gasteiger partial charge in [-0.1, -0.05) is 13.0 Å². The van der Waals surface area contributed by atoms with Crippen molar-refractivity contribution in [3.8, 4) is 23.0 Å². The summed E-state index contributed by atoms with van der Waals surface area (Å²) in [5.41, 5.74) is -0.660. The van der Waals surface area contributed by atoms with Crippen LogP contribution in [0.25, 0.3) is 32.9 Å². The summed E-state index contributed by atoms with van der Waals surface area (Å²) in [5.74, 6) is -0.300. The number of fused-ring (bicyclic) bond motifs is 3. The van der Waals surface area contributed by atoms with Crippen LogP contribution in [0.15, 0.2) is 30.5 Å². The predicted octanol–water partition coefficient (Wildman–Crippen LogP) is 5.97. The molecule has 3 atom stereocenters. The van der Waals surface area contributed by atoms with Gasteiger partial charge in [-0.2, -0.15) is 9.97 Å². The van der Waals surface area contributed by atoms with Gasteiger partial charge in [0.05, 0.1) is 16.5 Å². The Morgan fingerprint density at radius 2 is 1.91 bits per heavy atom. The van der Waals surface area contributed by atoms with Crippen molar-refractivity contribution in [2.75, 3.05) is 51.6 Å². The number of pyridine rings is 1. The number of aliphatic hydroxyl groups is 1. The maximum atomic E-state index is 17.0. The van der Waals surface area contributed by atoms with Crippen LogP contribution in [0, 0.1) is 11.6 Å². The number of rotatable bonds is 9. The topological polar surface area (TPSA) is 93.1 Å². The van der Waals surface area contributed by atoms with E-state index in [0.717, 1.165) is 19.4 Å². The van der Waals surface area contributed by atoms with Crippen molar-refractivity contribution < 1.29 is 32.5 Å². The number of anilines is 1. The first-order valence-electron chi connectivity index (χ1n) is 16.3. The summed E-state index contributed by atoms with van der Waals surface area (Å²) in [6.45, 7) is 5.83. The molecule has 9 nitrogen and oxygen atoms in total. The summed E-state index contributed by atoms with van der Waals surface area (Å²) in [5, 5.41) is 12.5. The van der Waals surface area contributed by atoms with Crippen LogP contribution in [0.3, 0.4) is 0 Å². The molecule has 3 saturated heterocycles. The minimum absolute atomic E-state index is 0.0124. The molecule has 0 amide bonds. The lowest BCUT2D eigenvalue weighted by atomic mass is 9.94. The normalized spacial score (nSPS) is 24.7. The number of benzene rings is 2. The van der Waals surface area contributed by atoms with Gasteiger partial charge in [-0.05, 0) is 80.1 Å². The molecule has 3 aliphatic rings. The van der Waals surface area contributed by atoms with Crippen LogP contribution >= 0.6 is 0 Å². The number of halogens is 3. The van der Waals surface area contributed by atoms with E-state index in [1.54, 1.807) is 25.1 Å². The summed E-state index contributed by atoms with van der Waals surface area (Å²) in [7, 11) is 1.50. The Morgan fingerprint density at radius 1 is 1.09 bits per heavy atom. The third-order valence-electron chi connectivity index (χ3n) is 9.94. The molecule has 0 unspecified atom stereocenters. The van der Waals surface area contributed by atoms with E-state index >= 15 is 8.78 Å². The number of β-amino-alcohol motifs (C(OH)–C–C–N with tert-alkyl or cyclic N) is 1. The Labute approximate surface area is 271 Å². The van der Waals surface area contributed by atoms with Gasteiger partial charge in [0.2, 0.25) is 0 Å². The molecule has 1 N–H and O–H groups in total. The molecule has 12 heteroatoms. The van der Waals surface area contributed by atoms with Gasteiger partial charge in [0.15, 0.2) is 12.6 Å². The predicted molar refractivity (Wildman–Crippen MR) is 173 cm³/mol. The lowest BCUT2D eigenvalue weighted by Crippen LogP contribution is -2.46. The van der Waals surface area contributed by atoms with Crippen LogP contribution in [0.5, 0.6) is 11.8 Å². The van der Waals surface area contributed by atoms with Crippen molar-refractivity contribution in [1.82, 2.24) is 19.9 Å². The van der Waals surface area contributed by atoms with Crippen molar-refractivity contribution in [1.29, 1.82) is 0 Å². The highest BCUT2D eigenvalue weighted by molar-refractivity contribution is 6.01. The molecule has 250 valence electrons. The minimum Gasteiger partial charge on any atom is -0.468 e. The molecule has 2 aromatic carbocycles. The number of aryl methyl sites for hydroxylation is 1. The molecule has 0 radical (unpaired) electrons. The summed E-state index contributed by atoms with van der Waals surface area (Å²) in [6, 6.07) is 6.41. The molecule has 2 aromatic heterocycles. The number of nitrogens with zero attached hydrogens (tertiary/aromatic N) is 5. The van der Waals surface area contributed by atoms with Crippen molar-refractivity contribution in [2.45, 2.75) is 69.7 Å². The van der Waals surface area contributed by atoms with Crippen LogP contribution in [-0.2, 0) is 11.2 Å². The van der Waals surface area contributed by atoms with Gasteiger partial charge in [-0.3, -0.25) is 9.88 Å². The third kappa shape index (κ3) is 5.84. The largest absolute Gasteiger partial charge is 0.468 e. The van der Waals surface area contributed by atoms with Crippen molar-refractivity contribution in [3.63, 3.8) is 0 Å². The molecular formula is C35H40F3N5O4. The fraction of sp³-hybridized carbons (Fsp3) is 0.514. The van der Waals surface area contributed by atoms with Crippen LogP contribution in [-0.4, -0.2) is 89.0 Å². The van der Waals surface area contributed by atoms with E-state index in [0.29, 0.717) is 77.6 Å². The number of aromatic nitrogens is 3. The molecule has 3 fully saturated rings. The monoisotopic (exact) mass is 651 g/mol. The Balaban J connectivity index is 1.38. The molecule has 3 aliphatic heterocycles. The van der Waals surface area contributed by atoms with E-state index in [1.807, 2.05) is 11.8 Å². The van der Waals surface area contributed by atoms with Crippen molar-refractivity contribution >= 4 is 27.5 Å². The zero-order chi connectivity index (χ0) is 32.9. The van der Waals surface area contributed by atoms with Gasteiger partial charge >= 0.3 is 6.01 Å². The van der Waals surface area contributed by atoms with Crippen LogP contribution < -0.4 is 14.4 Å². The average Bonchev–Trinajstić information content (AvgIpc) is 3.57. The highest BCUT2D eigenvalue weighted by atomic mass is 19.1. The first-order chi connectivity index (χ1) is 22.6. The van der Waals surface area contributed by atoms with Gasteiger partial charge in [0, 0.05) is 44.9 Å². The molecule has 7 rings (SSSR count). The van der Waals surface area contributed by atoms with E-state index in [1.165, 1.54) is 19.4 Å². The van der Waals surface area contributed by atoms with E-state index in [2.05, 4.69) is 14.9 Å². The lowest BCUT2D eigenvalue weighted by Gasteiger charge is -2.38. The maximum absolute atomic E-state index is 17.0. The summed E-state index contributed by atoms with van der Waals surface area (Å²) >= 11 is 0. The molecule has 4 aromatic rings. The molecule has 0 spiro atoms. The number of piperidine rings is 1. The van der Waals surface area contributed by atoms with Crippen LogP contribution in [0.2, 0.25) is 0 Å². The van der Waals surface area contributed by atoms with E-state index < -0.39 is 28.9 Å². The summed E-state index contributed by atoms with van der Waals surface area (Å²) < 4.78 is 63.7. The maximum Gasteiger partial charge on any atom is 0.319 e. The number of hydrogen-bond donors (Lipinski definition) is 1. The SMILES string of the molecule is CCc1c(F)ccc2cc(OCOC)cc(-c3ncc4c(N5CCC[C@@](C)(O)C5)nc(OC[C@]56CCCN5C[C@@H](F)C6)nc4c3F)c12. The lowest BCUT2D eigenvalue weighted by molar-refractivity contribution is 0.0447. The van der Waals surface area contributed by atoms with Gasteiger partial charge < -0.3 is 24.2 Å². The number of methoxy groups -OCH3 is 1. The highest BCUT2D eigenvalue weighted by Gasteiger charge is 2.49. The van der Waals surface area contributed by atoms with E-state index in [4.69, 9.17) is 19.2 Å². The van der Waals surface area contributed by atoms with Crippen molar-refractivity contribution in [2.24, 2.45) is 0 Å². The number of alkyl halides is 1. The van der Waals surface area contributed by atoms with Gasteiger partial charge in [-0.15, -0.1) is 0 Å². The zero-order valence-corrected chi connectivity index (χ0v) is 27.0. The fourth-order valence-corrected chi connectivity index (χ4v) is 7.79. The quantitative estimate of drug-likeness (QED) is 0.220. The average molecular weight is 652 g/mol. The van der Waals surface area contributed by atoms with E-state index in [-0.39, 0.29) is 37.2 Å². The molecular weight excluding hydrogens is 611 g/mol. The smallest absolute Gasteiger partial charge is 0.319 e. The first-order valence-corrected chi connectivity index (χ1v) is 16.3. The second kappa shape index (κ2) is 12.4. The summed E-state index contributed by atoms with van der Waals surface area (Å²) in [6.07, 6.45) is 4.44. The summed E-state index contributed by atoms with van der Waals surface area (Å²) in [4.78, 5) is 18.0. The molecule has 47 heavy (non-hydrogen) atoms. The second-order valence-electron chi connectivity index (χ2n) is 13.4. The fourth-order valence-electron chi connectivity index (χ4n) is 7.79. The van der Waals surface area contributed by atoms with Gasteiger partial charge in [-0.25, -0.2) is 13.2 Å². The van der Waals surface area contributed by atoms with Crippen LogP contribution in [0.4, 0.5) is 19.0 Å².